The third-order valence-electron chi connectivity index (χ3n) is 5.39. The van der Waals surface area contributed by atoms with E-state index in [9.17, 15) is 5.11 Å². The molecule has 108 valence electrons. The van der Waals surface area contributed by atoms with Crippen LogP contribution in [0.2, 0.25) is 0 Å². The van der Waals surface area contributed by atoms with Gasteiger partial charge >= 0.3 is 0 Å². The third-order valence-corrected chi connectivity index (χ3v) is 5.39. The zero-order valence-corrected chi connectivity index (χ0v) is 12.3. The highest BCUT2D eigenvalue weighted by molar-refractivity contribution is 5.40. The van der Waals surface area contributed by atoms with Crippen LogP contribution in [-0.4, -0.2) is 5.11 Å². The van der Waals surface area contributed by atoms with Gasteiger partial charge in [0, 0.05) is 0 Å². The second kappa shape index (κ2) is 5.31. The SMILES string of the molecule is OC1c2ccccc2CCCC1CC1Cc2ccccc21. The molecule has 2 aromatic rings. The summed E-state index contributed by atoms with van der Waals surface area (Å²) in [5, 5.41) is 10.8. The molecule has 0 bridgehead atoms. The normalized spacial score (nSPS) is 27.2. The van der Waals surface area contributed by atoms with Gasteiger partial charge in [0.25, 0.3) is 0 Å². The Hall–Kier alpha value is -1.60. The molecule has 3 unspecified atom stereocenters. The number of benzene rings is 2. The molecule has 0 heterocycles. The van der Waals surface area contributed by atoms with Gasteiger partial charge in [0.2, 0.25) is 0 Å². The maximum Gasteiger partial charge on any atom is 0.0821 e. The van der Waals surface area contributed by atoms with Crippen LogP contribution in [0.4, 0.5) is 0 Å². The smallest absolute Gasteiger partial charge is 0.0821 e. The molecule has 0 fully saturated rings. The Labute approximate surface area is 126 Å². The zero-order chi connectivity index (χ0) is 14.2. The van der Waals surface area contributed by atoms with Gasteiger partial charge in [0.05, 0.1) is 6.10 Å². The van der Waals surface area contributed by atoms with E-state index in [-0.39, 0.29) is 6.10 Å². The Balaban J connectivity index is 1.54. The summed E-state index contributed by atoms with van der Waals surface area (Å²) in [4.78, 5) is 0. The lowest BCUT2D eigenvalue weighted by Gasteiger charge is -2.34. The van der Waals surface area contributed by atoms with E-state index in [1.54, 1.807) is 0 Å². The Morgan fingerprint density at radius 1 is 0.905 bits per heavy atom. The van der Waals surface area contributed by atoms with E-state index in [0.29, 0.717) is 11.8 Å². The van der Waals surface area contributed by atoms with Crippen LogP contribution in [-0.2, 0) is 12.8 Å². The summed E-state index contributed by atoms with van der Waals surface area (Å²) in [6.45, 7) is 0. The highest BCUT2D eigenvalue weighted by atomic mass is 16.3. The number of aliphatic hydroxyl groups excluding tert-OH is 1. The summed E-state index contributed by atoms with van der Waals surface area (Å²) >= 11 is 0. The molecule has 4 rings (SSSR count). The van der Waals surface area contributed by atoms with Crippen molar-refractivity contribution in [2.45, 2.75) is 44.1 Å². The minimum Gasteiger partial charge on any atom is -0.388 e. The van der Waals surface area contributed by atoms with Gasteiger partial charge in [-0.15, -0.1) is 0 Å². The van der Waals surface area contributed by atoms with Crippen LogP contribution in [0.1, 0.15) is 53.5 Å². The molecule has 2 aliphatic carbocycles. The molecule has 2 aromatic carbocycles. The first kappa shape index (κ1) is 13.1. The Kier molecular flexibility index (Phi) is 3.31. The molecule has 0 aliphatic heterocycles. The van der Waals surface area contributed by atoms with Gasteiger partial charge in [0.1, 0.15) is 0 Å². The maximum absolute atomic E-state index is 10.8. The van der Waals surface area contributed by atoms with Crippen LogP contribution in [0.3, 0.4) is 0 Å². The molecule has 0 spiro atoms. The number of hydrogen-bond acceptors (Lipinski definition) is 1. The van der Waals surface area contributed by atoms with E-state index in [4.69, 9.17) is 0 Å². The predicted octanol–water partition coefficient (Wildman–Crippen LogP) is 4.40. The van der Waals surface area contributed by atoms with Crippen molar-refractivity contribution >= 4 is 0 Å². The summed E-state index contributed by atoms with van der Waals surface area (Å²) < 4.78 is 0. The molecule has 0 amide bonds. The fraction of sp³-hybridized carbons (Fsp3) is 0.400. The Bertz CT molecular complexity index is 646. The Morgan fingerprint density at radius 2 is 1.62 bits per heavy atom. The van der Waals surface area contributed by atoms with Crippen LogP contribution in [0.5, 0.6) is 0 Å². The zero-order valence-electron chi connectivity index (χ0n) is 12.3. The molecule has 0 saturated heterocycles. The van der Waals surface area contributed by atoms with Crippen LogP contribution < -0.4 is 0 Å². The van der Waals surface area contributed by atoms with E-state index in [1.807, 2.05) is 0 Å². The first-order chi connectivity index (χ1) is 10.3. The summed E-state index contributed by atoms with van der Waals surface area (Å²) in [5.41, 5.74) is 5.54. The van der Waals surface area contributed by atoms with E-state index in [0.717, 1.165) is 19.3 Å². The van der Waals surface area contributed by atoms with Crippen molar-refractivity contribution in [3.63, 3.8) is 0 Å². The van der Waals surface area contributed by atoms with Crippen LogP contribution in [0.15, 0.2) is 48.5 Å². The highest BCUT2D eigenvalue weighted by Crippen LogP contribution is 2.44. The van der Waals surface area contributed by atoms with E-state index >= 15 is 0 Å². The predicted molar refractivity (Wildman–Crippen MR) is 85.3 cm³/mol. The minimum absolute atomic E-state index is 0.281. The lowest BCUT2D eigenvalue weighted by atomic mass is 9.71. The van der Waals surface area contributed by atoms with Gasteiger partial charge in [-0.05, 0) is 66.2 Å². The van der Waals surface area contributed by atoms with Crippen LogP contribution >= 0.6 is 0 Å². The van der Waals surface area contributed by atoms with Crippen molar-refractivity contribution in [2.75, 3.05) is 0 Å². The fourth-order valence-electron chi connectivity index (χ4n) is 4.20. The van der Waals surface area contributed by atoms with Gasteiger partial charge in [-0.3, -0.25) is 0 Å². The summed E-state index contributed by atoms with van der Waals surface area (Å²) in [6.07, 6.45) is 5.51. The molecular weight excluding hydrogens is 256 g/mol. The van der Waals surface area contributed by atoms with Crippen LogP contribution in [0, 0.1) is 5.92 Å². The molecule has 0 radical (unpaired) electrons. The topological polar surface area (TPSA) is 20.2 Å². The lowest BCUT2D eigenvalue weighted by Crippen LogP contribution is -2.23. The van der Waals surface area contributed by atoms with E-state index in [1.165, 1.54) is 35.1 Å². The lowest BCUT2D eigenvalue weighted by molar-refractivity contribution is 0.0934. The van der Waals surface area contributed by atoms with E-state index in [2.05, 4.69) is 48.5 Å². The second-order valence-electron chi connectivity index (χ2n) is 6.63. The van der Waals surface area contributed by atoms with Gasteiger partial charge in [-0.2, -0.15) is 0 Å². The number of aliphatic hydroxyl groups is 1. The summed E-state index contributed by atoms with van der Waals surface area (Å²) in [7, 11) is 0. The molecule has 2 aliphatic rings. The second-order valence-corrected chi connectivity index (χ2v) is 6.63. The number of aryl methyl sites for hydroxylation is 1. The average Bonchev–Trinajstić information content (AvgIpc) is 2.65. The maximum atomic E-state index is 10.8. The number of rotatable bonds is 2. The monoisotopic (exact) mass is 278 g/mol. The van der Waals surface area contributed by atoms with Gasteiger partial charge in [0.15, 0.2) is 0 Å². The standard InChI is InChI=1S/C20H22O/c21-20-16(9-5-8-14-6-1-4-11-19(14)20)13-17-12-15-7-2-3-10-18(15)17/h1-4,6-7,10-11,16-17,20-21H,5,8-9,12-13H2. The first-order valence-corrected chi connectivity index (χ1v) is 8.16. The van der Waals surface area contributed by atoms with Crippen molar-refractivity contribution in [3.8, 4) is 0 Å². The van der Waals surface area contributed by atoms with Crippen molar-refractivity contribution < 1.29 is 5.11 Å². The van der Waals surface area contributed by atoms with E-state index < -0.39 is 0 Å². The summed E-state index contributed by atoms with van der Waals surface area (Å²) in [6, 6.07) is 17.2. The van der Waals surface area contributed by atoms with Crippen molar-refractivity contribution in [3.05, 3.63) is 70.8 Å². The average molecular weight is 278 g/mol. The molecule has 1 nitrogen and oxygen atoms in total. The van der Waals surface area contributed by atoms with Crippen LogP contribution in [0.25, 0.3) is 0 Å². The number of fused-ring (bicyclic) bond motifs is 2. The molecule has 0 aromatic heterocycles. The van der Waals surface area contributed by atoms with Crippen molar-refractivity contribution in [1.29, 1.82) is 0 Å². The molecule has 1 N–H and O–H groups in total. The van der Waals surface area contributed by atoms with Gasteiger partial charge in [-0.25, -0.2) is 0 Å². The summed E-state index contributed by atoms with van der Waals surface area (Å²) in [5.74, 6) is 1.07. The molecule has 1 heteroatoms. The molecule has 21 heavy (non-hydrogen) atoms. The third kappa shape index (κ3) is 2.30. The van der Waals surface area contributed by atoms with Crippen molar-refractivity contribution in [2.24, 2.45) is 5.92 Å². The minimum atomic E-state index is -0.281. The Morgan fingerprint density at radius 3 is 2.43 bits per heavy atom. The number of hydrogen-bond donors (Lipinski definition) is 1. The quantitative estimate of drug-likeness (QED) is 0.807. The first-order valence-electron chi connectivity index (χ1n) is 8.16. The molecule has 0 saturated carbocycles. The molecule has 3 atom stereocenters. The van der Waals surface area contributed by atoms with Crippen molar-refractivity contribution in [1.82, 2.24) is 0 Å². The fourth-order valence-corrected chi connectivity index (χ4v) is 4.20. The van der Waals surface area contributed by atoms with Gasteiger partial charge in [-0.1, -0.05) is 48.5 Å². The highest BCUT2D eigenvalue weighted by Gasteiger charge is 2.32. The largest absolute Gasteiger partial charge is 0.388 e. The van der Waals surface area contributed by atoms with Gasteiger partial charge < -0.3 is 5.11 Å². The molecular formula is C20H22O.